The summed E-state index contributed by atoms with van der Waals surface area (Å²) >= 11 is 0. The van der Waals surface area contributed by atoms with Gasteiger partial charge in [0.25, 0.3) is 0 Å². The van der Waals surface area contributed by atoms with Crippen LogP contribution in [0, 0.1) is 11.3 Å². The summed E-state index contributed by atoms with van der Waals surface area (Å²) in [4.78, 5) is 0. The summed E-state index contributed by atoms with van der Waals surface area (Å²) in [6.45, 7) is 3.00. The van der Waals surface area contributed by atoms with E-state index in [4.69, 9.17) is 15.7 Å². The molecule has 1 rings (SSSR count). The van der Waals surface area contributed by atoms with E-state index in [-0.39, 0.29) is 6.10 Å². The lowest BCUT2D eigenvalue weighted by Crippen LogP contribution is -2.19. The summed E-state index contributed by atoms with van der Waals surface area (Å²) in [6.07, 6.45) is 0.0747. The van der Waals surface area contributed by atoms with Crippen LogP contribution < -0.4 is 5.73 Å². The van der Waals surface area contributed by atoms with Crippen molar-refractivity contribution in [1.82, 2.24) is 0 Å². The number of nitrogens with zero attached hydrogens (tertiary/aromatic N) is 1. The van der Waals surface area contributed by atoms with E-state index < -0.39 is 0 Å². The van der Waals surface area contributed by atoms with E-state index >= 15 is 0 Å². The summed E-state index contributed by atoms with van der Waals surface area (Å²) < 4.78 is 5.44. The first-order chi connectivity index (χ1) is 6.76. The van der Waals surface area contributed by atoms with Crippen LogP contribution in [-0.2, 0) is 11.3 Å². The lowest BCUT2D eigenvalue weighted by atomic mass is 10.1. The van der Waals surface area contributed by atoms with Crippen molar-refractivity contribution in [2.45, 2.75) is 19.6 Å². The molecule has 0 saturated carbocycles. The topological polar surface area (TPSA) is 59.0 Å². The van der Waals surface area contributed by atoms with E-state index in [2.05, 4.69) is 6.07 Å². The number of hydrogen-bond acceptors (Lipinski definition) is 3. The summed E-state index contributed by atoms with van der Waals surface area (Å²) in [6, 6.07) is 9.42. The number of hydrogen-bond donors (Lipinski definition) is 1. The minimum atomic E-state index is 0.0747. The van der Waals surface area contributed by atoms with Crippen molar-refractivity contribution < 1.29 is 4.74 Å². The van der Waals surface area contributed by atoms with Gasteiger partial charge in [0.15, 0.2) is 0 Å². The average Bonchev–Trinajstić information content (AvgIpc) is 2.26. The van der Waals surface area contributed by atoms with Gasteiger partial charge in [-0.3, -0.25) is 0 Å². The SMILES string of the molecule is CC(CN)OCc1ccc(C#N)cc1. The highest BCUT2D eigenvalue weighted by molar-refractivity contribution is 5.31. The molecule has 0 radical (unpaired) electrons. The largest absolute Gasteiger partial charge is 0.373 e. The van der Waals surface area contributed by atoms with Crippen LogP contribution in [0.2, 0.25) is 0 Å². The van der Waals surface area contributed by atoms with Crippen molar-refractivity contribution in [3.05, 3.63) is 35.4 Å². The van der Waals surface area contributed by atoms with Crippen molar-refractivity contribution in [2.75, 3.05) is 6.54 Å². The van der Waals surface area contributed by atoms with E-state index in [9.17, 15) is 0 Å². The minimum absolute atomic E-state index is 0.0747. The molecule has 0 fully saturated rings. The summed E-state index contributed by atoms with van der Waals surface area (Å²) in [7, 11) is 0. The van der Waals surface area contributed by atoms with Gasteiger partial charge >= 0.3 is 0 Å². The maximum atomic E-state index is 8.59. The molecule has 0 bridgehead atoms. The number of benzene rings is 1. The maximum Gasteiger partial charge on any atom is 0.0991 e. The van der Waals surface area contributed by atoms with Gasteiger partial charge in [0.1, 0.15) is 0 Å². The molecule has 2 N–H and O–H groups in total. The van der Waals surface area contributed by atoms with E-state index in [0.717, 1.165) is 5.56 Å². The number of rotatable bonds is 4. The van der Waals surface area contributed by atoms with Gasteiger partial charge in [-0.05, 0) is 24.6 Å². The third kappa shape index (κ3) is 3.17. The van der Waals surface area contributed by atoms with Crippen molar-refractivity contribution in [3.8, 4) is 6.07 Å². The third-order valence-electron chi connectivity index (χ3n) is 1.95. The second-order valence-electron chi connectivity index (χ2n) is 3.17. The molecule has 74 valence electrons. The average molecular weight is 190 g/mol. The molecule has 0 aliphatic heterocycles. The zero-order valence-electron chi connectivity index (χ0n) is 8.23. The molecule has 1 aromatic carbocycles. The predicted molar refractivity (Wildman–Crippen MR) is 54.5 cm³/mol. The Bertz CT molecular complexity index is 313. The first kappa shape index (κ1) is 10.7. The highest BCUT2D eigenvalue weighted by Gasteiger charge is 1.99. The van der Waals surface area contributed by atoms with E-state index in [0.29, 0.717) is 18.7 Å². The fourth-order valence-electron chi connectivity index (χ4n) is 0.982. The van der Waals surface area contributed by atoms with Crippen LogP contribution in [0.4, 0.5) is 0 Å². The number of nitriles is 1. The first-order valence-corrected chi connectivity index (χ1v) is 4.57. The molecule has 3 nitrogen and oxygen atoms in total. The maximum absolute atomic E-state index is 8.59. The van der Waals surface area contributed by atoms with Crippen LogP contribution in [-0.4, -0.2) is 12.6 Å². The second-order valence-corrected chi connectivity index (χ2v) is 3.17. The summed E-state index contributed by atoms with van der Waals surface area (Å²) in [5.74, 6) is 0. The normalized spacial score (nSPS) is 12.1. The van der Waals surface area contributed by atoms with Crippen LogP contribution in [0.1, 0.15) is 18.1 Å². The van der Waals surface area contributed by atoms with Crippen molar-refractivity contribution in [1.29, 1.82) is 5.26 Å². The highest BCUT2D eigenvalue weighted by atomic mass is 16.5. The Labute approximate surface area is 84.1 Å². The van der Waals surface area contributed by atoms with E-state index in [1.165, 1.54) is 0 Å². The smallest absolute Gasteiger partial charge is 0.0991 e. The lowest BCUT2D eigenvalue weighted by molar-refractivity contribution is 0.0590. The van der Waals surface area contributed by atoms with Gasteiger partial charge in [0.05, 0.1) is 24.3 Å². The van der Waals surface area contributed by atoms with Crippen molar-refractivity contribution in [2.24, 2.45) is 5.73 Å². The molecule has 3 heteroatoms. The predicted octanol–water partition coefficient (Wildman–Crippen LogP) is 1.42. The molecule has 1 unspecified atom stereocenters. The second kappa shape index (κ2) is 5.38. The molecule has 14 heavy (non-hydrogen) atoms. The van der Waals surface area contributed by atoms with Crippen LogP contribution in [0.15, 0.2) is 24.3 Å². The van der Waals surface area contributed by atoms with Crippen LogP contribution in [0.3, 0.4) is 0 Å². The van der Waals surface area contributed by atoms with E-state index in [1.807, 2.05) is 19.1 Å². The molecule has 0 aliphatic rings. The lowest BCUT2D eigenvalue weighted by Gasteiger charge is -2.09. The van der Waals surface area contributed by atoms with Gasteiger partial charge in [-0.2, -0.15) is 5.26 Å². The fraction of sp³-hybridized carbons (Fsp3) is 0.364. The fourth-order valence-corrected chi connectivity index (χ4v) is 0.982. The Kier molecular flexibility index (Phi) is 4.11. The minimum Gasteiger partial charge on any atom is -0.373 e. The Hall–Kier alpha value is -1.37. The Balaban J connectivity index is 2.49. The van der Waals surface area contributed by atoms with Gasteiger partial charge in [0.2, 0.25) is 0 Å². The molecule has 1 aromatic rings. The van der Waals surface area contributed by atoms with E-state index in [1.54, 1.807) is 12.1 Å². The molecule has 0 amide bonds. The van der Waals surface area contributed by atoms with Gasteiger partial charge in [-0.1, -0.05) is 12.1 Å². The number of ether oxygens (including phenoxy) is 1. The highest BCUT2D eigenvalue weighted by Crippen LogP contribution is 2.05. The van der Waals surface area contributed by atoms with Crippen molar-refractivity contribution in [3.63, 3.8) is 0 Å². The zero-order chi connectivity index (χ0) is 10.4. The quantitative estimate of drug-likeness (QED) is 0.781. The molecule has 0 spiro atoms. The molecule has 1 atom stereocenters. The molecule has 0 aliphatic carbocycles. The number of nitrogens with two attached hydrogens (primary N) is 1. The molecule has 0 heterocycles. The molecule has 0 saturated heterocycles. The monoisotopic (exact) mass is 190 g/mol. The molecular weight excluding hydrogens is 176 g/mol. The standard InChI is InChI=1S/C11H14N2O/c1-9(6-12)14-8-11-4-2-10(7-13)3-5-11/h2-5,9H,6,8,12H2,1H3. The summed E-state index contributed by atoms with van der Waals surface area (Å²) in [5.41, 5.74) is 7.14. The summed E-state index contributed by atoms with van der Waals surface area (Å²) in [5, 5.41) is 8.59. The zero-order valence-corrected chi connectivity index (χ0v) is 8.23. The van der Waals surface area contributed by atoms with Crippen LogP contribution >= 0.6 is 0 Å². The van der Waals surface area contributed by atoms with Crippen molar-refractivity contribution >= 4 is 0 Å². The van der Waals surface area contributed by atoms with Crippen LogP contribution in [0.25, 0.3) is 0 Å². The van der Waals surface area contributed by atoms with Crippen LogP contribution in [0.5, 0.6) is 0 Å². The van der Waals surface area contributed by atoms with Gasteiger partial charge in [-0.15, -0.1) is 0 Å². The Morgan fingerprint density at radius 2 is 2.07 bits per heavy atom. The molecular formula is C11H14N2O. The Morgan fingerprint density at radius 1 is 1.43 bits per heavy atom. The van der Waals surface area contributed by atoms with Gasteiger partial charge in [-0.25, -0.2) is 0 Å². The van der Waals surface area contributed by atoms with Gasteiger partial charge in [0, 0.05) is 6.54 Å². The Morgan fingerprint density at radius 3 is 2.57 bits per heavy atom. The third-order valence-corrected chi connectivity index (χ3v) is 1.95. The first-order valence-electron chi connectivity index (χ1n) is 4.57. The molecule has 0 aromatic heterocycles. The van der Waals surface area contributed by atoms with Gasteiger partial charge < -0.3 is 10.5 Å².